The summed E-state index contributed by atoms with van der Waals surface area (Å²) in [6.07, 6.45) is -4.18. The van der Waals surface area contributed by atoms with Gasteiger partial charge in [0.05, 0.1) is 16.9 Å². The fourth-order valence-corrected chi connectivity index (χ4v) is 1.62. The second kappa shape index (κ2) is 7.19. The van der Waals surface area contributed by atoms with Crippen LogP contribution in [0.5, 0.6) is 0 Å². The van der Waals surface area contributed by atoms with E-state index in [1.165, 1.54) is 6.07 Å². The number of rotatable bonds is 6. The van der Waals surface area contributed by atoms with Crippen LogP contribution >= 0.6 is 0 Å². The van der Waals surface area contributed by atoms with Gasteiger partial charge in [0.15, 0.2) is 0 Å². The van der Waals surface area contributed by atoms with Crippen molar-refractivity contribution in [3.05, 3.63) is 23.8 Å². The van der Waals surface area contributed by atoms with Crippen molar-refractivity contribution >= 4 is 17.3 Å². The Bertz CT molecular complexity index is 487. The molecule has 0 radical (unpaired) electrons. The van der Waals surface area contributed by atoms with Crippen LogP contribution in [0.4, 0.5) is 24.5 Å². The highest BCUT2D eigenvalue weighted by Crippen LogP contribution is 2.32. The first-order valence-electron chi connectivity index (χ1n) is 6.67. The maximum absolute atomic E-state index is 12.5. The van der Waals surface area contributed by atoms with Crippen molar-refractivity contribution in [2.75, 3.05) is 24.1 Å². The molecule has 0 unspecified atom stereocenters. The molecule has 118 valence electrons. The van der Waals surface area contributed by atoms with Crippen molar-refractivity contribution in [2.45, 2.75) is 26.4 Å². The molecule has 4 N–H and O–H groups in total. The molecule has 0 aliphatic rings. The minimum Gasteiger partial charge on any atom is -0.397 e. The van der Waals surface area contributed by atoms with Crippen LogP contribution in [0.2, 0.25) is 0 Å². The Labute approximate surface area is 121 Å². The zero-order chi connectivity index (χ0) is 16.0. The van der Waals surface area contributed by atoms with Gasteiger partial charge in [0.1, 0.15) is 0 Å². The molecule has 0 saturated carbocycles. The Morgan fingerprint density at radius 2 is 2.00 bits per heavy atom. The molecule has 0 spiro atoms. The highest BCUT2D eigenvalue weighted by atomic mass is 19.4. The molecule has 1 rings (SSSR count). The standard InChI is InChI=1S/C14H20F3N3O/c1-9(2)8-20-13(21)5-6-19-12-4-3-10(7-11(12)18)14(15,16)17/h3-4,7,9,19H,5-6,8,18H2,1-2H3,(H,20,21). The van der Waals surface area contributed by atoms with Crippen LogP contribution in [0.1, 0.15) is 25.8 Å². The number of nitrogen functional groups attached to an aromatic ring is 1. The first kappa shape index (κ1) is 17.1. The number of anilines is 2. The Balaban J connectivity index is 2.48. The molecule has 4 nitrogen and oxygen atoms in total. The average molecular weight is 303 g/mol. The molecule has 1 amide bonds. The molecule has 1 aromatic rings. The largest absolute Gasteiger partial charge is 0.416 e. The van der Waals surface area contributed by atoms with E-state index >= 15 is 0 Å². The van der Waals surface area contributed by atoms with Gasteiger partial charge in [-0.25, -0.2) is 0 Å². The van der Waals surface area contributed by atoms with Gasteiger partial charge >= 0.3 is 6.18 Å². The number of carbonyl (C=O) groups is 1. The number of hydrogen-bond donors (Lipinski definition) is 3. The minimum absolute atomic E-state index is 0.00686. The molecule has 7 heteroatoms. The summed E-state index contributed by atoms with van der Waals surface area (Å²) in [5, 5.41) is 5.61. The fraction of sp³-hybridized carbons (Fsp3) is 0.500. The van der Waals surface area contributed by atoms with Gasteiger partial charge in [-0.2, -0.15) is 13.2 Å². The first-order valence-corrected chi connectivity index (χ1v) is 6.67. The predicted octanol–water partition coefficient (Wildman–Crippen LogP) is 2.86. The Morgan fingerprint density at radius 1 is 1.33 bits per heavy atom. The highest BCUT2D eigenvalue weighted by molar-refractivity contribution is 5.77. The summed E-state index contributed by atoms with van der Waals surface area (Å²) in [6, 6.07) is 3.10. The molecule has 0 fully saturated rings. The topological polar surface area (TPSA) is 67.2 Å². The number of halogens is 3. The molecule has 0 aliphatic heterocycles. The average Bonchev–Trinajstić information content (AvgIpc) is 2.37. The lowest BCUT2D eigenvalue weighted by Gasteiger charge is -2.13. The van der Waals surface area contributed by atoms with Gasteiger partial charge in [-0.05, 0) is 24.1 Å². The molecule has 0 heterocycles. The SMILES string of the molecule is CC(C)CNC(=O)CCNc1ccc(C(F)(F)F)cc1N. The van der Waals surface area contributed by atoms with Crippen LogP contribution in [-0.4, -0.2) is 19.0 Å². The third kappa shape index (κ3) is 5.93. The molecule has 0 aliphatic carbocycles. The van der Waals surface area contributed by atoms with Crippen molar-refractivity contribution in [3.8, 4) is 0 Å². The van der Waals surface area contributed by atoms with Gasteiger partial charge in [-0.1, -0.05) is 13.8 Å². The van der Waals surface area contributed by atoms with E-state index in [0.717, 1.165) is 12.1 Å². The van der Waals surface area contributed by atoms with Crippen LogP contribution in [0.3, 0.4) is 0 Å². The molecule has 0 atom stereocenters. The maximum atomic E-state index is 12.5. The fourth-order valence-electron chi connectivity index (χ4n) is 1.62. The van der Waals surface area contributed by atoms with Crippen molar-refractivity contribution in [3.63, 3.8) is 0 Å². The van der Waals surface area contributed by atoms with Gasteiger partial charge < -0.3 is 16.4 Å². The van der Waals surface area contributed by atoms with Crippen LogP contribution in [0.25, 0.3) is 0 Å². The third-order valence-corrected chi connectivity index (χ3v) is 2.75. The summed E-state index contributed by atoms with van der Waals surface area (Å²) in [6.45, 7) is 4.88. The number of nitrogens with two attached hydrogens (primary N) is 1. The lowest BCUT2D eigenvalue weighted by atomic mass is 10.1. The normalized spacial score (nSPS) is 11.5. The van der Waals surface area contributed by atoms with E-state index in [9.17, 15) is 18.0 Å². The Kier molecular flexibility index (Phi) is 5.87. The molecule has 0 aromatic heterocycles. The summed E-state index contributed by atoms with van der Waals surface area (Å²) in [5.74, 6) is 0.258. The molecule has 1 aromatic carbocycles. The van der Waals surface area contributed by atoms with E-state index in [-0.39, 0.29) is 18.0 Å². The minimum atomic E-state index is -4.41. The predicted molar refractivity (Wildman–Crippen MR) is 76.8 cm³/mol. The van der Waals surface area contributed by atoms with Crippen LogP contribution in [0, 0.1) is 5.92 Å². The maximum Gasteiger partial charge on any atom is 0.416 e. The lowest BCUT2D eigenvalue weighted by molar-refractivity contribution is -0.137. The van der Waals surface area contributed by atoms with E-state index in [4.69, 9.17) is 5.73 Å². The van der Waals surface area contributed by atoms with Crippen LogP contribution < -0.4 is 16.4 Å². The van der Waals surface area contributed by atoms with E-state index < -0.39 is 11.7 Å². The lowest BCUT2D eigenvalue weighted by Crippen LogP contribution is -2.28. The number of benzene rings is 1. The zero-order valence-electron chi connectivity index (χ0n) is 12.1. The molecular weight excluding hydrogens is 283 g/mol. The van der Waals surface area contributed by atoms with Gasteiger partial charge in [0.2, 0.25) is 5.91 Å². The van der Waals surface area contributed by atoms with Gasteiger partial charge in [-0.3, -0.25) is 4.79 Å². The van der Waals surface area contributed by atoms with Crippen LogP contribution in [-0.2, 0) is 11.0 Å². The molecule has 21 heavy (non-hydrogen) atoms. The third-order valence-electron chi connectivity index (χ3n) is 2.75. The Morgan fingerprint density at radius 3 is 2.52 bits per heavy atom. The van der Waals surface area contributed by atoms with E-state index in [2.05, 4.69) is 10.6 Å². The summed E-state index contributed by atoms with van der Waals surface area (Å²) < 4.78 is 37.4. The second-order valence-electron chi connectivity index (χ2n) is 5.17. The van der Waals surface area contributed by atoms with Gasteiger partial charge in [0.25, 0.3) is 0 Å². The van der Waals surface area contributed by atoms with E-state index in [0.29, 0.717) is 24.7 Å². The van der Waals surface area contributed by atoms with Crippen LogP contribution in [0.15, 0.2) is 18.2 Å². The highest BCUT2D eigenvalue weighted by Gasteiger charge is 2.30. The molecule has 0 bridgehead atoms. The van der Waals surface area contributed by atoms with Crippen molar-refractivity contribution < 1.29 is 18.0 Å². The summed E-state index contributed by atoms with van der Waals surface area (Å²) in [5.41, 5.74) is 5.17. The molecular formula is C14H20F3N3O. The zero-order valence-corrected chi connectivity index (χ0v) is 12.1. The van der Waals surface area contributed by atoms with Gasteiger partial charge in [-0.15, -0.1) is 0 Å². The van der Waals surface area contributed by atoms with Crippen molar-refractivity contribution in [2.24, 2.45) is 5.92 Å². The molecule has 0 saturated heterocycles. The number of amides is 1. The smallest absolute Gasteiger partial charge is 0.397 e. The second-order valence-corrected chi connectivity index (χ2v) is 5.17. The number of hydrogen-bond acceptors (Lipinski definition) is 3. The van der Waals surface area contributed by atoms with E-state index in [1.54, 1.807) is 0 Å². The Hall–Kier alpha value is -1.92. The quantitative estimate of drug-likeness (QED) is 0.708. The monoisotopic (exact) mass is 303 g/mol. The summed E-state index contributed by atoms with van der Waals surface area (Å²) in [7, 11) is 0. The summed E-state index contributed by atoms with van der Waals surface area (Å²) >= 11 is 0. The van der Waals surface area contributed by atoms with E-state index in [1.807, 2.05) is 13.8 Å². The number of nitrogens with one attached hydrogen (secondary N) is 2. The first-order chi connectivity index (χ1) is 9.70. The number of alkyl halides is 3. The summed E-state index contributed by atoms with van der Waals surface area (Å²) in [4.78, 5) is 11.5. The van der Waals surface area contributed by atoms with Crippen molar-refractivity contribution in [1.29, 1.82) is 0 Å². The number of carbonyl (C=O) groups excluding carboxylic acids is 1. The van der Waals surface area contributed by atoms with Crippen molar-refractivity contribution in [1.82, 2.24) is 5.32 Å². The van der Waals surface area contributed by atoms with Gasteiger partial charge in [0, 0.05) is 19.5 Å².